The van der Waals surface area contributed by atoms with Crippen molar-refractivity contribution in [3.05, 3.63) is 57.7 Å². The van der Waals surface area contributed by atoms with Crippen molar-refractivity contribution in [1.82, 2.24) is 0 Å². The predicted octanol–water partition coefficient (Wildman–Crippen LogP) is 3.26. The molecule has 0 fully saturated rings. The molecule has 2 aromatic carbocycles. The standard InChI is InChI=1S/C20H18IN3O4/c1-13-11-14(21)7-8-16(13)22-18(25)12-28-20(27)17-9-10-19(26)24(23-17)15-5-3-2-4-6-15/h2-8,11H,9-10,12H2,1H3,(H,22,25). The van der Waals surface area contributed by atoms with Crippen LogP contribution in [0.3, 0.4) is 0 Å². The van der Waals surface area contributed by atoms with E-state index in [4.69, 9.17) is 4.74 Å². The quantitative estimate of drug-likeness (QED) is 0.514. The van der Waals surface area contributed by atoms with Crippen LogP contribution < -0.4 is 10.3 Å². The van der Waals surface area contributed by atoms with Gasteiger partial charge in [-0.1, -0.05) is 18.2 Å². The Labute approximate surface area is 175 Å². The number of hydrogen-bond donors (Lipinski definition) is 1. The number of halogens is 1. The second kappa shape index (κ2) is 8.96. The molecular formula is C20H18IN3O4. The zero-order valence-corrected chi connectivity index (χ0v) is 17.3. The van der Waals surface area contributed by atoms with Gasteiger partial charge in [0.2, 0.25) is 5.91 Å². The van der Waals surface area contributed by atoms with Crippen molar-refractivity contribution in [3.8, 4) is 0 Å². The maximum atomic E-state index is 12.3. The molecule has 144 valence electrons. The molecule has 3 rings (SSSR count). The lowest BCUT2D eigenvalue weighted by Crippen LogP contribution is -2.35. The lowest BCUT2D eigenvalue weighted by Gasteiger charge is -2.22. The normalized spacial score (nSPS) is 13.7. The van der Waals surface area contributed by atoms with Crippen LogP contribution >= 0.6 is 22.6 Å². The van der Waals surface area contributed by atoms with Crippen LogP contribution in [-0.2, 0) is 19.1 Å². The molecule has 1 heterocycles. The zero-order valence-electron chi connectivity index (χ0n) is 15.1. The summed E-state index contributed by atoms with van der Waals surface area (Å²) in [5, 5.41) is 8.02. The van der Waals surface area contributed by atoms with Gasteiger partial charge in [0, 0.05) is 22.1 Å². The fraction of sp³-hybridized carbons (Fsp3) is 0.200. The third kappa shape index (κ3) is 4.94. The summed E-state index contributed by atoms with van der Waals surface area (Å²) in [5.74, 6) is -1.34. The second-order valence-electron chi connectivity index (χ2n) is 6.17. The molecule has 0 radical (unpaired) electrons. The summed E-state index contributed by atoms with van der Waals surface area (Å²) in [5.41, 5.74) is 2.27. The molecule has 0 atom stereocenters. The van der Waals surface area contributed by atoms with E-state index in [9.17, 15) is 14.4 Å². The summed E-state index contributed by atoms with van der Waals surface area (Å²) in [4.78, 5) is 36.4. The molecule has 1 N–H and O–H groups in total. The molecule has 0 saturated carbocycles. The van der Waals surface area contributed by atoms with Crippen LogP contribution in [0.5, 0.6) is 0 Å². The van der Waals surface area contributed by atoms with E-state index in [1.165, 1.54) is 5.01 Å². The van der Waals surface area contributed by atoms with Gasteiger partial charge in [-0.05, 0) is 65.4 Å². The van der Waals surface area contributed by atoms with E-state index in [0.717, 1.165) is 9.13 Å². The van der Waals surface area contributed by atoms with Crippen molar-refractivity contribution < 1.29 is 19.1 Å². The molecule has 0 unspecified atom stereocenters. The molecule has 8 heteroatoms. The molecule has 1 aliphatic rings. The van der Waals surface area contributed by atoms with Crippen molar-refractivity contribution in [3.63, 3.8) is 0 Å². The number of nitrogens with zero attached hydrogens (tertiary/aromatic N) is 2. The van der Waals surface area contributed by atoms with Crippen LogP contribution in [0, 0.1) is 10.5 Å². The Kier molecular flexibility index (Phi) is 6.40. The molecule has 0 aliphatic carbocycles. The summed E-state index contributed by atoms with van der Waals surface area (Å²) in [6, 6.07) is 14.5. The summed E-state index contributed by atoms with van der Waals surface area (Å²) < 4.78 is 6.14. The molecule has 1 aliphatic heterocycles. The predicted molar refractivity (Wildman–Crippen MR) is 114 cm³/mol. The van der Waals surface area contributed by atoms with Gasteiger partial charge in [-0.15, -0.1) is 0 Å². The molecule has 7 nitrogen and oxygen atoms in total. The molecule has 0 spiro atoms. The van der Waals surface area contributed by atoms with Crippen LogP contribution in [0.15, 0.2) is 53.6 Å². The molecule has 0 bridgehead atoms. The largest absolute Gasteiger partial charge is 0.451 e. The zero-order chi connectivity index (χ0) is 20.1. The van der Waals surface area contributed by atoms with Gasteiger partial charge < -0.3 is 10.1 Å². The first kappa shape index (κ1) is 20.0. The van der Waals surface area contributed by atoms with E-state index >= 15 is 0 Å². The number of anilines is 2. The Morgan fingerprint density at radius 3 is 2.64 bits per heavy atom. The minimum absolute atomic E-state index is 0.113. The van der Waals surface area contributed by atoms with E-state index in [-0.39, 0.29) is 24.5 Å². The number of nitrogens with one attached hydrogen (secondary N) is 1. The first-order chi connectivity index (χ1) is 13.4. The lowest BCUT2D eigenvalue weighted by molar-refractivity contribution is -0.140. The average molecular weight is 491 g/mol. The number of hydrazone groups is 1. The number of para-hydroxylation sites is 1. The van der Waals surface area contributed by atoms with Gasteiger partial charge in [-0.2, -0.15) is 5.10 Å². The highest BCUT2D eigenvalue weighted by Crippen LogP contribution is 2.20. The number of aryl methyl sites for hydroxylation is 1. The molecule has 28 heavy (non-hydrogen) atoms. The third-order valence-corrected chi connectivity index (χ3v) is 4.74. The Bertz CT molecular complexity index is 944. The van der Waals surface area contributed by atoms with Gasteiger partial charge in [-0.25, -0.2) is 9.80 Å². The molecular weight excluding hydrogens is 473 g/mol. The minimum atomic E-state index is -0.706. The number of amides is 2. The van der Waals surface area contributed by atoms with Gasteiger partial charge in [-0.3, -0.25) is 9.59 Å². The SMILES string of the molecule is Cc1cc(I)ccc1NC(=O)COC(=O)C1=NN(c2ccccc2)C(=O)CC1. The van der Waals surface area contributed by atoms with E-state index in [1.54, 1.807) is 30.3 Å². The number of rotatable bonds is 5. The van der Waals surface area contributed by atoms with E-state index in [1.807, 2.05) is 25.1 Å². The van der Waals surface area contributed by atoms with Crippen molar-refractivity contribution in [2.45, 2.75) is 19.8 Å². The fourth-order valence-electron chi connectivity index (χ4n) is 2.64. The number of carbonyl (C=O) groups is 3. The summed E-state index contributed by atoms with van der Waals surface area (Å²) in [7, 11) is 0. The van der Waals surface area contributed by atoms with Gasteiger partial charge >= 0.3 is 5.97 Å². The van der Waals surface area contributed by atoms with Crippen LogP contribution in [-0.4, -0.2) is 30.1 Å². The Morgan fingerprint density at radius 1 is 1.18 bits per heavy atom. The molecule has 0 saturated heterocycles. The highest BCUT2D eigenvalue weighted by Gasteiger charge is 2.26. The van der Waals surface area contributed by atoms with Crippen LogP contribution in [0.2, 0.25) is 0 Å². The third-order valence-electron chi connectivity index (χ3n) is 4.07. The van der Waals surface area contributed by atoms with Crippen molar-refractivity contribution in [2.24, 2.45) is 5.10 Å². The lowest BCUT2D eigenvalue weighted by atomic mass is 10.1. The number of esters is 1. The molecule has 2 aromatic rings. The minimum Gasteiger partial charge on any atom is -0.451 e. The maximum absolute atomic E-state index is 12.3. The van der Waals surface area contributed by atoms with Crippen LogP contribution in [0.25, 0.3) is 0 Å². The highest BCUT2D eigenvalue weighted by atomic mass is 127. The molecule has 0 aromatic heterocycles. The molecule has 2 amide bonds. The van der Waals surface area contributed by atoms with Crippen molar-refractivity contribution >= 4 is 57.5 Å². The van der Waals surface area contributed by atoms with E-state index < -0.39 is 18.5 Å². The van der Waals surface area contributed by atoms with Gasteiger partial charge in [0.25, 0.3) is 5.91 Å². The second-order valence-corrected chi connectivity index (χ2v) is 7.42. The van der Waals surface area contributed by atoms with Gasteiger partial charge in [0.1, 0.15) is 5.71 Å². The topological polar surface area (TPSA) is 88.1 Å². The van der Waals surface area contributed by atoms with Crippen LogP contribution in [0.1, 0.15) is 18.4 Å². The summed E-state index contributed by atoms with van der Waals surface area (Å²) in [6.07, 6.45) is 0.329. The van der Waals surface area contributed by atoms with Crippen molar-refractivity contribution in [2.75, 3.05) is 16.9 Å². The number of carbonyl (C=O) groups excluding carboxylic acids is 3. The highest BCUT2D eigenvalue weighted by molar-refractivity contribution is 14.1. The number of ether oxygens (including phenoxy) is 1. The van der Waals surface area contributed by atoms with Crippen LogP contribution in [0.4, 0.5) is 11.4 Å². The smallest absolute Gasteiger partial charge is 0.355 e. The first-order valence-electron chi connectivity index (χ1n) is 8.62. The van der Waals surface area contributed by atoms with Gasteiger partial charge in [0.15, 0.2) is 6.61 Å². The summed E-state index contributed by atoms with van der Waals surface area (Å²) >= 11 is 2.19. The van der Waals surface area contributed by atoms with E-state index in [0.29, 0.717) is 11.4 Å². The van der Waals surface area contributed by atoms with Gasteiger partial charge in [0.05, 0.1) is 5.69 Å². The Balaban J connectivity index is 1.61. The average Bonchev–Trinajstić information content (AvgIpc) is 2.69. The monoisotopic (exact) mass is 491 g/mol. The first-order valence-corrected chi connectivity index (χ1v) is 9.70. The number of benzene rings is 2. The Hall–Kier alpha value is -2.75. The van der Waals surface area contributed by atoms with Crippen molar-refractivity contribution in [1.29, 1.82) is 0 Å². The number of hydrogen-bond acceptors (Lipinski definition) is 5. The maximum Gasteiger partial charge on any atom is 0.355 e. The Morgan fingerprint density at radius 2 is 1.93 bits per heavy atom. The fourth-order valence-corrected chi connectivity index (χ4v) is 3.29. The summed E-state index contributed by atoms with van der Waals surface area (Å²) in [6.45, 7) is 1.46. The van der Waals surface area contributed by atoms with E-state index in [2.05, 4.69) is 33.0 Å².